The van der Waals surface area contributed by atoms with Gasteiger partial charge in [0.25, 0.3) is 23.5 Å². The highest BCUT2D eigenvalue weighted by atomic mass is 35.5. The van der Waals surface area contributed by atoms with Gasteiger partial charge in [-0.3, -0.25) is 19.7 Å². The summed E-state index contributed by atoms with van der Waals surface area (Å²) in [6.07, 6.45) is -2.26. The number of hydrogen-bond acceptors (Lipinski definition) is 5. The van der Waals surface area contributed by atoms with E-state index in [0.29, 0.717) is 25.1 Å². The van der Waals surface area contributed by atoms with Crippen LogP contribution >= 0.6 is 11.6 Å². The van der Waals surface area contributed by atoms with Gasteiger partial charge in [0.2, 0.25) is 0 Å². The number of amides is 2. The second-order valence-electron chi connectivity index (χ2n) is 9.10. The number of anilines is 1. The van der Waals surface area contributed by atoms with Gasteiger partial charge in [-0.05, 0) is 38.4 Å². The monoisotopic (exact) mass is 530 g/mol. The highest BCUT2D eigenvalue weighted by molar-refractivity contribution is 6.44. The molecule has 1 fully saturated rings. The number of Topliss-reactive ketones (excluding diaryl/α,β-unsaturated/α-hetero) is 1. The third-order valence-corrected chi connectivity index (χ3v) is 6.88. The first-order chi connectivity index (χ1) is 16.8. The topological polar surface area (TPSA) is 112 Å². The molecular formula is C23H23ClF4N4O4. The highest BCUT2D eigenvalue weighted by Gasteiger charge is 2.61. The summed E-state index contributed by atoms with van der Waals surface area (Å²) in [6, 6.07) is 1.78. The van der Waals surface area contributed by atoms with E-state index in [1.54, 1.807) is 4.57 Å². The largest absolute Gasteiger partial charge is 0.376 e. The van der Waals surface area contributed by atoms with Crippen molar-refractivity contribution in [2.45, 2.75) is 56.8 Å². The number of alkyl halides is 2. The number of nitrogens with one attached hydrogen (secondary N) is 3. The SMILES string of the molecule is CNC(O)C1(NC(=O)C(=O)c2c(C)c(C(=O)Nc3cc(F)c(F)c(Cl)c3)n3c2CCC3)CC(F)(F)C1. The molecule has 0 bridgehead atoms. The van der Waals surface area contributed by atoms with Crippen molar-refractivity contribution in [3.8, 4) is 0 Å². The Morgan fingerprint density at radius 2 is 1.86 bits per heavy atom. The first-order valence-corrected chi connectivity index (χ1v) is 11.5. The highest BCUT2D eigenvalue weighted by Crippen LogP contribution is 2.47. The van der Waals surface area contributed by atoms with Crippen molar-refractivity contribution in [2.75, 3.05) is 12.4 Å². The molecule has 1 aliphatic carbocycles. The molecule has 2 aliphatic rings. The van der Waals surface area contributed by atoms with E-state index in [1.165, 1.54) is 14.0 Å². The van der Waals surface area contributed by atoms with Crippen LogP contribution in [0.4, 0.5) is 23.2 Å². The van der Waals surface area contributed by atoms with E-state index >= 15 is 0 Å². The zero-order chi connectivity index (χ0) is 26.6. The maximum absolute atomic E-state index is 13.7. The number of hydrogen-bond donors (Lipinski definition) is 4. The molecule has 2 aromatic rings. The summed E-state index contributed by atoms with van der Waals surface area (Å²) >= 11 is 5.64. The Kier molecular flexibility index (Phi) is 6.65. The van der Waals surface area contributed by atoms with Gasteiger partial charge in [-0.1, -0.05) is 11.6 Å². The maximum Gasteiger partial charge on any atom is 0.293 e. The summed E-state index contributed by atoms with van der Waals surface area (Å²) in [4.78, 5) is 39.1. The average molecular weight is 531 g/mol. The molecule has 0 saturated heterocycles. The Bertz CT molecular complexity index is 1250. The molecule has 1 aliphatic heterocycles. The van der Waals surface area contributed by atoms with E-state index in [0.717, 1.165) is 12.1 Å². The Morgan fingerprint density at radius 3 is 2.44 bits per heavy atom. The van der Waals surface area contributed by atoms with E-state index in [9.17, 15) is 37.1 Å². The van der Waals surface area contributed by atoms with Crippen LogP contribution in [-0.2, 0) is 17.8 Å². The lowest BCUT2D eigenvalue weighted by Gasteiger charge is -2.49. The lowest BCUT2D eigenvalue weighted by atomic mass is 9.71. The molecule has 36 heavy (non-hydrogen) atoms. The standard InChI is InChI=1S/C23H23ClF4N4O4/c1-10-15(18(33)20(35)31-22(21(36)29-2)8-23(27,28)9-22)14-4-3-5-32(14)17(10)19(34)30-11-6-12(24)16(26)13(25)7-11/h6-7,21,29,36H,3-5,8-9H2,1-2H3,(H,30,34)(H,31,35). The summed E-state index contributed by atoms with van der Waals surface area (Å²) < 4.78 is 56.0. The fraction of sp³-hybridized carbons (Fsp3) is 0.435. The van der Waals surface area contributed by atoms with Crippen molar-refractivity contribution in [2.24, 2.45) is 0 Å². The summed E-state index contributed by atoms with van der Waals surface area (Å²) in [5.41, 5.74) is -1.26. The van der Waals surface area contributed by atoms with Crippen LogP contribution in [0.15, 0.2) is 12.1 Å². The smallest absolute Gasteiger partial charge is 0.293 e. The van der Waals surface area contributed by atoms with Crippen molar-refractivity contribution in [1.29, 1.82) is 0 Å². The summed E-state index contributed by atoms with van der Waals surface area (Å²) in [6.45, 7) is 1.82. The minimum atomic E-state index is -3.10. The zero-order valence-electron chi connectivity index (χ0n) is 19.3. The fourth-order valence-corrected chi connectivity index (χ4v) is 5.23. The minimum absolute atomic E-state index is 0.0413. The van der Waals surface area contributed by atoms with Crippen LogP contribution in [-0.4, -0.2) is 52.0 Å². The van der Waals surface area contributed by atoms with Gasteiger partial charge in [0.1, 0.15) is 11.9 Å². The van der Waals surface area contributed by atoms with Crippen molar-refractivity contribution in [1.82, 2.24) is 15.2 Å². The van der Waals surface area contributed by atoms with Crippen molar-refractivity contribution < 1.29 is 37.1 Å². The van der Waals surface area contributed by atoms with E-state index in [1.807, 2.05) is 0 Å². The van der Waals surface area contributed by atoms with Gasteiger partial charge in [-0.15, -0.1) is 0 Å². The van der Waals surface area contributed by atoms with Gasteiger partial charge in [0.15, 0.2) is 11.6 Å². The minimum Gasteiger partial charge on any atom is -0.376 e. The van der Waals surface area contributed by atoms with E-state index in [4.69, 9.17) is 11.6 Å². The van der Waals surface area contributed by atoms with Crippen LogP contribution in [0, 0.1) is 18.6 Å². The van der Waals surface area contributed by atoms with Gasteiger partial charge in [0.05, 0.1) is 16.1 Å². The van der Waals surface area contributed by atoms with Crippen LogP contribution in [0.5, 0.6) is 0 Å². The Hall–Kier alpha value is -2.96. The van der Waals surface area contributed by atoms with Crippen LogP contribution < -0.4 is 16.0 Å². The Labute approximate surface area is 208 Å². The number of benzene rings is 1. The van der Waals surface area contributed by atoms with Crippen molar-refractivity contribution in [3.05, 3.63) is 51.3 Å². The number of aliphatic hydroxyl groups excluding tert-OH is 1. The molecule has 194 valence electrons. The quantitative estimate of drug-likeness (QED) is 0.145. The second-order valence-corrected chi connectivity index (χ2v) is 9.51. The van der Waals surface area contributed by atoms with Gasteiger partial charge >= 0.3 is 0 Å². The number of ketones is 1. The van der Waals surface area contributed by atoms with Gasteiger partial charge in [-0.2, -0.15) is 0 Å². The molecule has 1 saturated carbocycles. The maximum atomic E-state index is 13.7. The Balaban J connectivity index is 1.62. The van der Waals surface area contributed by atoms with Crippen LogP contribution in [0.3, 0.4) is 0 Å². The molecule has 1 aromatic heterocycles. The number of carbonyl (C=O) groups is 3. The van der Waals surface area contributed by atoms with Crippen LogP contribution in [0.1, 0.15) is 51.4 Å². The first-order valence-electron chi connectivity index (χ1n) is 11.1. The fourth-order valence-electron chi connectivity index (χ4n) is 5.02. The lowest BCUT2D eigenvalue weighted by molar-refractivity contribution is -0.176. The first kappa shape index (κ1) is 26.1. The van der Waals surface area contributed by atoms with Gasteiger partial charge < -0.3 is 20.3 Å². The molecule has 2 heterocycles. The van der Waals surface area contributed by atoms with E-state index in [2.05, 4.69) is 16.0 Å². The van der Waals surface area contributed by atoms with E-state index < -0.39 is 64.8 Å². The average Bonchev–Trinajstić information content (AvgIpc) is 3.34. The van der Waals surface area contributed by atoms with E-state index in [-0.39, 0.29) is 22.5 Å². The number of carbonyl (C=O) groups excluding carboxylic acids is 3. The number of aromatic nitrogens is 1. The van der Waals surface area contributed by atoms with Crippen molar-refractivity contribution in [3.63, 3.8) is 0 Å². The number of rotatable bonds is 7. The third-order valence-electron chi connectivity index (χ3n) is 6.61. The lowest BCUT2D eigenvalue weighted by Crippen LogP contribution is -2.71. The van der Waals surface area contributed by atoms with Crippen LogP contribution in [0.25, 0.3) is 0 Å². The summed E-state index contributed by atoms with van der Waals surface area (Å²) in [7, 11) is 1.33. The van der Waals surface area contributed by atoms with Gasteiger partial charge in [-0.25, -0.2) is 17.6 Å². The molecule has 0 spiro atoms. The molecule has 0 radical (unpaired) electrons. The molecular weight excluding hydrogens is 508 g/mol. The predicted octanol–water partition coefficient (Wildman–Crippen LogP) is 2.93. The van der Waals surface area contributed by atoms with Gasteiger partial charge in [0, 0.05) is 36.8 Å². The molecule has 8 nitrogen and oxygen atoms in total. The number of nitrogens with zero attached hydrogens (tertiary/aromatic N) is 1. The molecule has 13 heteroatoms. The zero-order valence-corrected chi connectivity index (χ0v) is 20.0. The van der Waals surface area contributed by atoms with Crippen LogP contribution in [0.2, 0.25) is 5.02 Å². The van der Waals surface area contributed by atoms with Crippen molar-refractivity contribution >= 4 is 34.9 Å². The number of fused-ring (bicyclic) bond motifs is 1. The molecule has 4 rings (SSSR count). The molecule has 4 N–H and O–H groups in total. The summed E-state index contributed by atoms with van der Waals surface area (Å²) in [5.74, 6) is -8.60. The normalized spacial score (nSPS) is 18.2. The number of halogens is 5. The molecule has 1 aromatic carbocycles. The number of likely N-dealkylation sites (N-methyl/N-ethyl adjacent to an activating group) is 1. The summed E-state index contributed by atoms with van der Waals surface area (Å²) in [5, 5.41) is 16.7. The molecule has 1 atom stereocenters. The number of aliphatic hydroxyl groups is 1. The molecule has 2 amide bonds. The molecule has 1 unspecified atom stereocenters. The predicted molar refractivity (Wildman–Crippen MR) is 121 cm³/mol. The Morgan fingerprint density at radius 1 is 1.19 bits per heavy atom. The second kappa shape index (κ2) is 9.16. The third kappa shape index (κ3) is 4.37.